The monoisotopic (exact) mass is 335 g/mol. The molecule has 6 heteroatoms. The largest absolute Gasteiger partial charge is 0.352 e. The third kappa shape index (κ3) is 3.88. The maximum absolute atomic E-state index is 11.9. The van der Waals surface area contributed by atoms with Crippen molar-refractivity contribution in [3.63, 3.8) is 0 Å². The number of amides is 1. The Morgan fingerprint density at radius 2 is 2.32 bits per heavy atom. The van der Waals surface area contributed by atoms with Gasteiger partial charge in [-0.05, 0) is 46.6 Å². The minimum absolute atomic E-state index is 0.186. The van der Waals surface area contributed by atoms with E-state index in [1.54, 1.807) is 17.4 Å². The second kappa shape index (κ2) is 6.45. The Morgan fingerprint density at radius 3 is 3.00 bits per heavy atom. The van der Waals surface area contributed by atoms with E-state index in [1.165, 1.54) is 17.1 Å². The third-order valence-corrected chi connectivity index (χ3v) is 4.11. The molecule has 4 nitrogen and oxygen atoms in total. The summed E-state index contributed by atoms with van der Waals surface area (Å²) >= 11 is 5.05. The molecule has 0 spiro atoms. The van der Waals surface area contributed by atoms with E-state index in [2.05, 4.69) is 26.2 Å². The number of pyridine rings is 1. The molecule has 0 saturated heterocycles. The summed E-state index contributed by atoms with van der Waals surface area (Å²) in [6.07, 6.45) is 2.25. The number of nitrogens with one attached hydrogen (secondary N) is 1. The molecular weight excluding hydrogens is 326 g/mol. The first kappa shape index (κ1) is 13.7. The molecular formula is C13H10BrN3OS. The van der Waals surface area contributed by atoms with Gasteiger partial charge in [0.1, 0.15) is 11.8 Å². The van der Waals surface area contributed by atoms with E-state index in [0.29, 0.717) is 12.1 Å². The molecule has 1 amide bonds. The first-order valence-corrected chi connectivity index (χ1v) is 7.18. The van der Waals surface area contributed by atoms with Crippen LogP contribution in [0.15, 0.2) is 34.2 Å². The highest BCUT2D eigenvalue weighted by atomic mass is 79.9. The van der Waals surface area contributed by atoms with Crippen LogP contribution in [0.1, 0.15) is 20.9 Å². The van der Waals surface area contributed by atoms with Gasteiger partial charge < -0.3 is 5.32 Å². The van der Waals surface area contributed by atoms with Crippen LogP contribution in [-0.4, -0.2) is 17.4 Å². The van der Waals surface area contributed by atoms with Crippen molar-refractivity contribution in [2.24, 2.45) is 0 Å². The summed E-state index contributed by atoms with van der Waals surface area (Å²) in [5, 5.41) is 11.5. The lowest BCUT2D eigenvalue weighted by atomic mass is 10.2. The second-order valence-electron chi connectivity index (χ2n) is 3.75. The molecule has 0 atom stereocenters. The predicted molar refractivity (Wildman–Crippen MR) is 77.0 cm³/mol. The van der Waals surface area contributed by atoms with E-state index >= 15 is 0 Å². The van der Waals surface area contributed by atoms with E-state index < -0.39 is 0 Å². The Balaban J connectivity index is 1.89. The summed E-state index contributed by atoms with van der Waals surface area (Å²) < 4.78 is 1.08. The topological polar surface area (TPSA) is 65.8 Å². The lowest BCUT2D eigenvalue weighted by Crippen LogP contribution is -2.25. The fourth-order valence-corrected chi connectivity index (χ4v) is 3.00. The van der Waals surface area contributed by atoms with Gasteiger partial charge in [-0.15, -0.1) is 11.3 Å². The Labute approximate surface area is 123 Å². The lowest BCUT2D eigenvalue weighted by Gasteiger charge is -2.04. The van der Waals surface area contributed by atoms with Gasteiger partial charge in [0.05, 0.1) is 3.79 Å². The first-order valence-electron chi connectivity index (χ1n) is 5.57. The molecule has 0 saturated carbocycles. The molecule has 2 heterocycles. The summed E-state index contributed by atoms with van der Waals surface area (Å²) in [4.78, 5) is 16.9. The van der Waals surface area contributed by atoms with Gasteiger partial charge in [-0.2, -0.15) is 5.26 Å². The van der Waals surface area contributed by atoms with Gasteiger partial charge in [-0.1, -0.05) is 0 Å². The van der Waals surface area contributed by atoms with Gasteiger partial charge >= 0.3 is 0 Å². The van der Waals surface area contributed by atoms with E-state index in [4.69, 9.17) is 5.26 Å². The molecule has 0 aliphatic carbocycles. The number of aromatic nitrogens is 1. The van der Waals surface area contributed by atoms with Crippen molar-refractivity contribution in [2.75, 3.05) is 6.54 Å². The second-order valence-corrected chi connectivity index (χ2v) is 6.30. The maximum Gasteiger partial charge on any atom is 0.251 e. The number of hydrogen-bond donors (Lipinski definition) is 1. The van der Waals surface area contributed by atoms with Crippen molar-refractivity contribution < 1.29 is 4.79 Å². The number of carbonyl (C=O) groups excluding carboxylic acids is 1. The van der Waals surface area contributed by atoms with E-state index in [-0.39, 0.29) is 11.6 Å². The minimum Gasteiger partial charge on any atom is -0.352 e. The quantitative estimate of drug-likeness (QED) is 0.934. The molecule has 0 aromatic carbocycles. The third-order valence-electron chi connectivity index (χ3n) is 2.42. The van der Waals surface area contributed by atoms with Crippen molar-refractivity contribution in [2.45, 2.75) is 6.42 Å². The molecule has 2 rings (SSSR count). The highest BCUT2D eigenvalue weighted by Gasteiger charge is 2.06. The predicted octanol–water partition coefficient (Wildman–Crippen LogP) is 2.75. The van der Waals surface area contributed by atoms with Crippen molar-refractivity contribution in [3.05, 3.63) is 50.4 Å². The van der Waals surface area contributed by atoms with Crippen LogP contribution in [0.5, 0.6) is 0 Å². The SMILES string of the molecule is N#Cc1cc(C(=O)NCCc2ccc(Br)s2)ccn1. The van der Waals surface area contributed by atoms with Crippen LogP contribution in [0.4, 0.5) is 0 Å². The normalized spacial score (nSPS) is 9.89. The minimum atomic E-state index is -0.186. The summed E-state index contributed by atoms with van der Waals surface area (Å²) in [7, 11) is 0. The van der Waals surface area contributed by atoms with Crippen LogP contribution in [0.2, 0.25) is 0 Å². The van der Waals surface area contributed by atoms with Crippen LogP contribution < -0.4 is 5.32 Å². The van der Waals surface area contributed by atoms with Gasteiger partial charge in [-0.25, -0.2) is 4.98 Å². The average Bonchev–Trinajstić information content (AvgIpc) is 2.84. The molecule has 0 aliphatic heterocycles. The summed E-state index contributed by atoms with van der Waals surface area (Å²) in [5.41, 5.74) is 0.703. The Morgan fingerprint density at radius 1 is 1.47 bits per heavy atom. The standard InChI is InChI=1S/C13H10BrN3OS/c14-12-2-1-11(19-12)4-6-17-13(18)9-3-5-16-10(7-9)8-15/h1-3,5,7H,4,6H2,(H,17,18). The summed E-state index contributed by atoms with van der Waals surface area (Å²) in [6, 6.07) is 9.01. The average molecular weight is 336 g/mol. The van der Waals surface area contributed by atoms with Crippen molar-refractivity contribution in [1.29, 1.82) is 5.26 Å². The molecule has 2 aromatic heterocycles. The molecule has 2 aromatic rings. The van der Waals surface area contributed by atoms with Crippen molar-refractivity contribution in [1.82, 2.24) is 10.3 Å². The highest BCUT2D eigenvalue weighted by Crippen LogP contribution is 2.22. The Bertz CT molecular complexity index is 633. The molecule has 0 aliphatic rings. The number of thiophene rings is 1. The zero-order valence-electron chi connectivity index (χ0n) is 9.89. The number of carbonyl (C=O) groups is 1. The zero-order valence-corrected chi connectivity index (χ0v) is 12.3. The number of nitriles is 1. The Kier molecular flexibility index (Phi) is 4.66. The van der Waals surface area contributed by atoms with Crippen LogP contribution in [0.3, 0.4) is 0 Å². The van der Waals surface area contributed by atoms with E-state index in [0.717, 1.165) is 10.2 Å². The highest BCUT2D eigenvalue weighted by molar-refractivity contribution is 9.11. The molecule has 96 valence electrons. The van der Waals surface area contributed by atoms with Gasteiger partial charge in [0.15, 0.2) is 0 Å². The molecule has 19 heavy (non-hydrogen) atoms. The van der Waals surface area contributed by atoms with Gasteiger partial charge in [0, 0.05) is 23.2 Å². The molecule has 1 N–H and O–H groups in total. The fourth-order valence-electron chi connectivity index (χ4n) is 1.52. The van der Waals surface area contributed by atoms with Crippen molar-refractivity contribution in [3.8, 4) is 6.07 Å². The van der Waals surface area contributed by atoms with Crippen LogP contribution in [0.25, 0.3) is 0 Å². The van der Waals surface area contributed by atoms with Gasteiger partial charge in [0.25, 0.3) is 5.91 Å². The molecule has 0 radical (unpaired) electrons. The van der Waals surface area contributed by atoms with E-state index in [9.17, 15) is 4.79 Å². The zero-order chi connectivity index (χ0) is 13.7. The van der Waals surface area contributed by atoms with Crippen LogP contribution in [-0.2, 0) is 6.42 Å². The number of hydrogen-bond acceptors (Lipinski definition) is 4. The number of nitrogens with zero attached hydrogens (tertiary/aromatic N) is 2. The van der Waals surface area contributed by atoms with Crippen LogP contribution in [0, 0.1) is 11.3 Å². The van der Waals surface area contributed by atoms with Gasteiger partial charge in [0.2, 0.25) is 0 Å². The lowest BCUT2D eigenvalue weighted by molar-refractivity contribution is 0.0954. The van der Waals surface area contributed by atoms with Crippen molar-refractivity contribution >= 4 is 33.2 Å². The molecule has 0 fully saturated rings. The summed E-state index contributed by atoms with van der Waals surface area (Å²) in [5.74, 6) is -0.186. The smallest absolute Gasteiger partial charge is 0.251 e. The Hall–Kier alpha value is -1.71. The van der Waals surface area contributed by atoms with Crippen LogP contribution >= 0.6 is 27.3 Å². The molecule has 0 unspecified atom stereocenters. The molecule has 0 bridgehead atoms. The summed E-state index contributed by atoms with van der Waals surface area (Å²) in [6.45, 7) is 0.565. The number of rotatable bonds is 4. The van der Waals surface area contributed by atoms with Gasteiger partial charge in [-0.3, -0.25) is 4.79 Å². The first-order chi connectivity index (χ1) is 9.19. The number of halogens is 1. The fraction of sp³-hybridized carbons (Fsp3) is 0.154. The van der Waals surface area contributed by atoms with E-state index in [1.807, 2.05) is 18.2 Å². The maximum atomic E-state index is 11.9.